The van der Waals surface area contributed by atoms with Gasteiger partial charge in [0.2, 0.25) is 0 Å². The number of hydrogen-bond donors (Lipinski definition) is 0. The highest BCUT2D eigenvalue weighted by molar-refractivity contribution is 14.1. The number of hydrazone groups is 1. The molecular weight excluding hydrogens is 299 g/mol. The maximum atomic E-state index is 4.44. The Morgan fingerprint density at radius 1 is 1.47 bits per heavy atom. The lowest BCUT2D eigenvalue weighted by Crippen LogP contribution is -2.07. The van der Waals surface area contributed by atoms with Crippen LogP contribution in [0.25, 0.3) is 0 Å². The Balaban J connectivity index is 2.91. The number of allylic oxidation sites excluding steroid dienone is 6. The van der Waals surface area contributed by atoms with Gasteiger partial charge in [-0.1, -0.05) is 44.6 Å². The normalized spacial score (nSPS) is 22.4. The van der Waals surface area contributed by atoms with Crippen LogP contribution in [0.2, 0.25) is 0 Å². The molecule has 0 aliphatic heterocycles. The van der Waals surface area contributed by atoms with Gasteiger partial charge in [0.05, 0.1) is 28.6 Å². The minimum absolute atomic E-state index is 0.598. The lowest BCUT2D eigenvalue weighted by molar-refractivity contribution is 0.666. The first-order valence-electron chi connectivity index (χ1n) is 5.18. The van der Waals surface area contributed by atoms with Crippen molar-refractivity contribution in [2.24, 2.45) is 11.0 Å². The molecule has 0 aromatic heterocycles. The molecule has 2 nitrogen and oxygen atoms in total. The highest BCUT2D eigenvalue weighted by atomic mass is 127. The lowest BCUT2D eigenvalue weighted by atomic mass is 9.99. The molecule has 0 aromatic carbocycles. The summed E-state index contributed by atoms with van der Waals surface area (Å²) in [7, 11) is 1.93. The van der Waals surface area contributed by atoms with Crippen molar-refractivity contribution in [1.29, 1.82) is 0 Å². The summed E-state index contributed by atoms with van der Waals surface area (Å²) in [4.78, 5) is 0. The van der Waals surface area contributed by atoms with Crippen LogP contribution in [-0.4, -0.2) is 16.0 Å². The van der Waals surface area contributed by atoms with Gasteiger partial charge < -0.3 is 0 Å². The minimum Gasteiger partial charge on any atom is -0.239 e. The zero-order chi connectivity index (χ0) is 11.3. The monoisotopic (exact) mass is 316 g/mol. The summed E-state index contributed by atoms with van der Waals surface area (Å²) in [6, 6.07) is 0. The number of halogens is 1. The van der Waals surface area contributed by atoms with Crippen molar-refractivity contribution in [1.82, 2.24) is 3.22 Å². The Bertz CT molecular complexity index is 325. The number of rotatable bonds is 3. The Morgan fingerprint density at radius 3 is 2.73 bits per heavy atom. The fourth-order valence-corrected chi connectivity index (χ4v) is 1.52. The van der Waals surface area contributed by atoms with Crippen LogP contribution in [0.4, 0.5) is 0 Å². The van der Waals surface area contributed by atoms with Crippen molar-refractivity contribution < 1.29 is 0 Å². The molecule has 0 fully saturated rings. The standard InChI is InChI=1S/C12H17IN2/c1-4-10(2)9-11-7-5-6-8-12(11)14-15(3)13/h5-10H,4H2,1-3H3/b11-9+,14-12-. The summed E-state index contributed by atoms with van der Waals surface area (Å²) in [5.41, 5.74) is 2.25. The van der Waals surface area contributed by atoms with Gasteiger partial charge in [0, 0.05) is 7.05 Å². The van der Waals surface area contributed by atoms with Crippen molar-refractivity contribution in [3.05, 3.63) is 36.0 Å². The average Bonchev–Trinajstić information content (AvgIpc) is 2.20. The van der Waals surface area contributed by atoms with E-state index in [4.69, 9.17) is 0 Å². The van der Waals surface area contributed by atoms with E-state index in [1.165, 1.54) is 5.57 Å². The third-order valence-electron chi connectivity index (χ3n) is 2.29. The zero-order valence-electron chi connectivity index (χ0n) is 9.44. The Labute approximate surface area is 106 Å². The SMILES string of the molecule is CCC(C)/C=C1\C=CC=C\C1=N\N(C)I. The predicted molar refractivity (Wildman–Crippen MR) is 75.0 cm³/mol. The van der Waals surface area contributed by atoms with Gasteiger partial charge in [0.15, 0.2) is 0 Å². The molecule has 0 spiro atoms. The number of hydrogen-bond acceptors (Lipinski definition) is 2. The van der Waals surface area contributed by atoms with E-state index in [2.05, 4.69) is 60.0 Å². The Kier molecular flexibility index (Phi) is 5.08. The first-order chi connectivity index (χ1) is 7.13. The van der Waals surface area contributed by atoms with Crippen LogP contribution in [0.5, 0.6) is 0 Å². The van der Waals surface area contributed by atoms with Crippen molar-refractivity contribution in [2.45, 2.75) is 20.3 Å². The molecule has 0 amide bonds. The van der Waals surface area contributed by atoms with E-state index in [1.807, 2.05) is 19.2 Å². The minimum atomic E-state index is 0.598. The second-order valence-corrected chi connectivity index (χ2v) is 5.05. The van der Waals surface area contributed by atoms with Crippen LogP contribution in [0.15, 0.2) is 41.1 Å². The molecule has 0 N–H and O–H groups in total. The van der Waals surface area contributed by atoms with Gasteiger partial charge in [-0.3, -0.25) is 0 Å². The molecule has 3 heteroatoms. The van der Waals surface area contributed by atoms with Gasteiger partial charge in [-0.25, -0.2) is 3.22 Å². The molecule has 0 saturated carbocycles. The molecule has 82 valence electrons. The summed E-state index contributed by atoms with van der Waals surface area (Å²) in [6.07, 6.45) is 11.7. The maximum Gasteiger partial charge on any atom is 0.0909 e. The summed E-state index contributed by atoms with van der Waals surface area (Å²) >= 11 is 2.16. The van der Waals surface area contributed by atoms with Crippen LogP contribution in [0, 0.1) is 5.92 Å². The third-order valence-corrected chi connectivity index (χ3v) is 2.51. The molecule has 1 aliphatic rings. The average molecular weight is 316 g/mol. The van der Waals surface area contributed by atoms with Crippen LogP contribution >= 0.6 is 22.9 Å². The molecular formula is C12H17IN2. The summed E-state index contributed by atoms with van der Waals surface area (Å²) in [5, 5.41) is 4.44. The van der Waals surface area contributed by atoms with Gasteiger partial charge in [0.25, 0.3) is 0 Å². The molecule has 1 unspecified atom stereocenters. The van der Waals surface area contributed by atoms with Crippen molar-refractivity contribution in [3.8, 4) is 0 Å². The smallest absolute Gasteiger partial charge is 0.0909 e. The van der Waals surface area contributed by atoms with E-state index in [-0.39, 0.29) is 0 Å². The topological polar surface area (TPSA) is 15.6 Å². The van der Waals surface area contributed by atoms with Gasteiger partial charge in [-0.15, -0.1) is 0 Å². The fourth-order valence-electron chi connectivity index (χ4n) is 1.29. The lowest BCUT2D eigenvalue weighted by Gasteiger charge is -2.11. The molecule has 1 atom stereocenters. The highest BCUT2D eigenvalue weighted by Gasteiger charge is 2.06. The van der Waals surface area contributed by atoms with Crippen molar-refractivity contribution >= 4 is 28.6 Å². The van der Waals surface area contributed by atoms with E-state index in [0.717, 1.165) is 12.1 Å². The van der Waals surface area contributed by atoms with Crippen LogP contribution < -0.4 is 0 Å². The van der Waals surface area contributed by atoms with Crippen LogP contribution in [0.3, 0.4) is 0 Å². The molecule has 0 bridgehead atoms. The molecule has 1 rings (SSSR count). The summed E-state index contributed by atoms with van der Waals surface area (Å²) < 4.78 is 1.81. The fraction of sp³-hybridized carbons (Fsp3) is 0.417. The highest BCUT2D eigenvalue weighted by Crippen LogP contribution is 2.15. The van der Waals surface area contributed by atoms with Crippen molar-refractivity contribution in [2.75, 3.05) is 7.05 Å². The first-order valence-corrected chi connectivity index (χ1v) is 6.15. The van der Waals surface area contributed by atoms with Crippen LogP contribution in [0.1, 0.15) is 20.3 Å². The quantitative estimate of drug-likeness (QED) is 0.440. The maximum absolute atomic E-state index is 4.44. The van der Waals surface area contributed by atoms with Gasteiger partial charge in [-0.2, -0.15) is 5.10 Å². The van der Waals surface area contributed by atoms with Gasteiger partial charge in [-0.05, 0) is 17.6 Å². The van der Waals surface area contributed by atoms with Crippen molar-refractivity contribution in [3.63, 3.8) is 0 Å². The molecule has 0 saturated heterocycles. The largest absolute Gasteiger partial charge is 0.239 e. The molecule has 0 radical (unpaired) electrons. The van der Waals surface area contributed by atoms with Gasteiger partial charge in [0.1, 0.15) is 0 Å². The van der Waals surface area contributed by atoms with Gasteiger partial charge >= 0.3 is 0 Å². The van der Waals surface area contributed by atoms with E-state index in [0.29, 0.717) is 5.92 Å². The Morgan fingerprint density at radius 2 is 2.13 bits per heavy atom. The van der Waals surface area contributed by atoms with Crippen LogP contribution in [-0.2, 0) is 0 Å². The molecule has 15 heavy (non-hydrogen) atoms. The summed E-state index contributed by atoms with van der Waals surface area (Å²) in [6.45, 7) is 4.43. The second kappa shape index (κ2) is 6.10. The van der Waals surface area contributed by atoms with E-state index >= 15 is 0 Å². The molecule has 1 aliphatic carbocycles. The summed E-state index contributed by atoms with van der Waals surface area (Å²) in [5.74, 6) is 0.598. The van der Waals surface area contributed by atoms with E-state index in [1.54, 1.807) is 3.22 Å². The molecule has 0 heterocycles. The zero-order valence-corrected chi connectivity index (χ0v) is 11.6. The first kappa shape index (κ1) is 12.5. The third kappa shape index (κ3) is 4.20. The van der Waals surface area contributed by atoms with E-state index in [9.17, 15) is 0 Å². The van der Waals surface area contributed by atoms with E-state index < -0.39 is 0 Å². The number of nitrogens with zero attached hydrogens (tertiary/aromatic N) is 2. The molecule has 0 aromatic rings. The Hall–Kier alpha value is -0.580. The predicted octanol–water partition coefficient (Wildman–Crippen LogP) is 3.72. The second-order valence-electron chi connectivity index (χ2n) is 3.66.